The molecule has 0 rings (SSSR count). The Morgan fingerprint density at radius 1 is 1.24 bits per heavy atom. The number of ether oxygens (including phenoxy) is 1. The third-order valence-electron chi connectivity index (χ3n) is 1.30. The SMILES string of the molecule is CCOC(N(C)C)=[N+](C)C.CCOS(=O)(=O)[O-]. The Morgan fingerprint density at radius 3 is 1.76 bits per heavy atom. The number of hydrogen-bond acceptors (Lipinski definition) is 5. The van der Waals surface area contributed by atoms with Crippen molar-refractivity contribution >= 4 is 16.4 Å². The second kappa shape index (κ2) is 9.20. The standard InChI is InChI=1S/C7H17N2O.C2H6O4S/c1-6-10-7(8(2)3)9(4)5;1-2-6-7(3,4)5/h6H2,1-5H3;2H2,1H3,(H,3,4,5)/q+1;/p-1. The molecule has 0 aromatic heterocycles. The van der Waals surface area contributed by atoms with Crippen molar-refractivity contribution < 1.29 is 26.5 Å². The highest BCUT2D eigenvalue weighted by molar-refractivity contribution is 7.80. The number of hydrogen-bond donors (Lipinski definition) is 0. The molecule has 0 aliphatic heterocycles. The van der Waals surface area contributed by atoms with Gasteiger partial charge in [-0.3, -0.25) is 4.18 Å². The molecule has 0 bridgehead atoms. The van der Waals surface area contributed by atoms with Crippen LogP contribution in [0.2, 0.25) is 0 Å². The second-order valence-corrected chi connectivity index (χ2v) is 4.37. The molecule has 0 aromatic carbocycles. The van der Waals surface area contributed by atoms with E-state index in [9.17, 15) is 13.0 Å². The fourth-order valence-electron chi connectivity index (χ4n) is 0.932. The fourth-order valence-corrected chi connectivity index (χ4v) is 1.22. The molecule has 0 atom stereocenters. The van der Waals surface area contributed by atoms with Gasteiger partial charge in [-0.15, -0.1) is 0 Å². The van der Waals surface area contributed by atoms with Crippen LogP contribution in [0.25, 0.3) is 0 Å². The Balaban J connectivity index is 0. The van der Waals surface area contributed by atoms with Crippen LogP contribution < -0.4 is 0 Å². The molecule has 104 valence electrons. The van der Waals surface area contributed by atoms with Crippen molar-refractivity contribution in [2.24, 2.45) is 0 Å². The van der Waals surface area contributed by atoms with Gasteiger partial charge in [0.1, 0.15) is 0 Å². The Morgan fingerprint density at radius 2 is 1.71 bits per heavy atom. The second-order valence-electron chi connectivity index (χ2n) is 3.32. The zero-order valence-corrected chi connectivity index (χ0v) is 12.1. The van der Waals surface area contributed by atoms with Gasteiger partial charge in [0.05, 0.1) is 41.4 Å². The molecule has 0 spiro atoms. The first-order valence-electron chi connectivity index (χ1n) is 5.10. The lowest BCUT2D eigenvalue weighted by Gasteiger charge is -2.09. The first-order valence-corrected chi connectivity index (χ1v) is 6.43. The lowest BCUT2D eigenvalue weighted by molar-refractivity contribution is -0.480. The predicted octanol–water partition coefficient (Wildman–Crippen LogP) is -0.304. The van der Waals surface area contributed by atoms with E-state index in [2.05, 4.69) is 4.18 Å². The van der Waals surface area contributed by atoms with Crippen LogP contribution in [0.4, 0.5) is 0 Å². The van der Waals surface area contributed by atoms with Crippen molar-refractivity contribution in [2.45, 2.75) is 13.8 Å². The van der Waals surface area contributed by atoms with Crippen molar-refractivity contribution in [1.29, 1.82) is 0 Å². The Labute approximate surface area is 104 Å². The first kappa shape index (κ1) is 18.5. The van der Waals surface area contributed by atoms with Crippen LogP contribution in [0.3, 0.4) is 0 Å². The summed E-state index contributed by atoms with van der Waals surface area (Å²) in [5.74, 6) is 0. The van der Waals surface area contributed by atoms with Crippen molar-refractivity contribution in [3.63, 3.8) is 0 Å². The highest BCUT2D eigenvalue weighted by atomic mass is 32.3. The maximum atomic E-state index is 9.45. The summed E-state index contributed by atoms with van der Waals surface area (Å²) >= 11 is 0. The average Bonchev–Trinajstić information content (AvgIpc) is 2.12. The molecule has 0 fully saturated rings. The summed E-state index contributed by atoms with van der Waals surface area (Å²) in [6.07, 6.45) is 0. The Bertz CT molecular complexity index is 320. The van der Waals surface area contributed by atoms with Gasteiger partial charge >= 0.3 is 6.02 Å². The summed E-state index contributed by atoms with van der Waals surface area (Å²) in [6.45, 7) is 4.03. The topological polar surface area (TPSA) is 81.9 Å². The van der Waals surface area contributed by atoms with Crippen LogP contribution in [0.15, 0.2) is 0 Å². The number of nitrogens with zero attached hydrogens (tertiary/aromatic N) is 2. The minimum atomic E-state index is -4.42. The van der Waals surface area contributed by atoms with E-state index >= 15 is 0 Å². The molecule has 0 aromatic rings. The van der Waals surface area contributed by atoms with Crippen LogP contribution in [0, 0.1) is 0 Å². The summed E-state index contributed by atoms with van der Waals surface area (Å²) in [7, 11) is 3.43. The normalized spacial score (nSPS) is 10.1. The van der Waals surface area contributed by atoms with Gasteiger partial charge in [-0.2, -0.15) is 0 Å². The van der Waals surface area contributed by atoms with Crippen LogP contribution in [-0.2, 0) is 19.3 Å². The van der Waals surface area contributed by atoms with E-state index < -0.39 is 10.4 Å². The zero-order chi connectivity index (χ0) is 14.1. The Kier molecular flexibility index (Phi) is 10.0. The fraction of sp³-hybridized carbons (Fsp3) is 0.889. The minimum Gasteiger partial charge on any atom is -0.726 e. The Hall–Kier alpha value is -0.860. The van der Waals surface area contributed by atoms with Gasteiger partial charge in [-0.25, -0.2) is 17.9 Å². The van der Waals surface area contributed by atoms with E-state index in [0.29, 0.717) is 6.61 Å². The van der Waals surface area contributed by atoms with Crippen molar-refractivity contribution in [2.75, 3.05) is 41.4 Å². The first-order chi connectivity index (χ1) is 7.65. The van der Waals surface area contributed by atoms with Gasteiger partial charge < -0.3 is 9.29 Å². The van der Waals surface area contributed by atoms with Gasteiger partial charge in [-0.05, 0) is 13.8 Å². The van der Waals surface area contributed by atoms with E-state index in [0.717, 1.165) is 6.02 Å². The van der Waals surface area contributed by atoms with E-state index in [1.807, 2.05) is 44.6 Å². The molecule has 0 aliphatic rings. The van der Waals surface area contributed by atoms with Crippen molar-refractivity contribution in [3.05, 3.63) is 0 Å². The lowest BCUT2D eigenvalue weighted by Crippen LogP contribution is -2.32. The molecule has 0 aliphatic carbocycles. The van der Waals surface area contributed by atoms with Crippen molar-refractivity contribution in [1.82, 2.24) is 4.90 Å². The van der Waals surface area contributed by atoms with Crippen LogP contribution in [0.1, 0.15) is 13.8 Å². The summed E-state index contributed by atoms with van der Waals surface area (Å²) in [5, 5.41) is 0. The summed E-state index contributed by atoms with van der Waals surface area (Å²) in [5.41, 5.74) is 0. The van der Waals surface area contributed by atoms with E-state index in [1.165, 1.54) is 6.92 Å². The molecule has 0 N–H and O–H groups in total. The van der Waals surface area contributed by atoms with Gasteiger partial charge in [-0.1, -0.05) is 0 Å². The maximum absolute atomic E-state index is 9.45. The van der Waals surface area contributed by atoms with E-state index in [1.54, 1.807) is 0 Å². The molecule has 0 unspecified atom stereocenters. The molecular formula is C9H22N2O5S. The summed E-state index contributed by atoms with van der Waals surface area (Å²) in [6, 6.07) is 0.891. The van der Waals surface area contributed by atoms with Gasteiger partial charge in [0.15, 0.2) is 0 Å². The molecule has 7 nitrogen and oxygen atoms in total. The van der Waals surface area contributed by atoms with Crippen molar-refractivity contribution in [3.8, 4) is 0 Å². The highest BCUT2D eigenvalue weighted by Crippen LogP contribution is 1.84. The van der Waals surface area contributed by atoms with E-state index in [-0.39, 0.29) is 6.61 Å². The molecule has 8 heteroatoms. The van der Waals surface area contributed by atoms with Gasteiger partial charge in [0, 0.05) is 0 Å². The minimum absolute atomic E-state index is 0.0914. The number of amidine groups is 1. The van der Waals surface area contributed by atoms with Crippen LogP contribution in [0.5, 0.6) is 0 Å². The molecular weight excluding hydrogens is 248 g/mol. The molecule has 0 amide bonds. The predicted molar refractivity (Wildman–Crippen MR) is 63.8 cm³/mol. The molecule has 17 heavy (non-hydrogen) atoms. The monoisotopic (exact) mass is 270 g/mol. The average molecular weight is 270 g/mol. The van der Waals surface area contributed by atoms with E-state index in [4.69, 9.17) is 4.74 Å². The molecule has 0 saturated heterocycles. The zero-order valence-electron chi connectivity index (χ0n) is 11.3. The molecule has 0 heterocycles. The quantitative estimate of drug-likeness (QED) is 0.230. The van der Waals surface area contributed by atoms with Gasteiger partial charge in [0.2, 0.25) is 10.4 Å². The summed E-state index contributed by atoms with van der Waals surface area (Å²) < 4.78 is 39.3. The third kappa shape index (κ3) is 13.1. The molecule has 0 saturated carbocycles. The highest BCUT2D eigenvalue weighted by Gasteiger charge is 2.10. The smallest absolute Gasteiger partial charge is 0.445 e. The largest absolute Gasteiger partial charge is 0.726 e. The van der Waals surface area contributed by atoms with Crippen LogP contribution >= 0.6 is 0 Å². The summed E-state index contributed by atoms with van der Waals surface area (Å²) in [4.78, 5) is 1.95. The third-order valence-corrected chi connectivity index (χ3v) is 1.83. The lowest BCUT2D eigenvalue weighted by atomic mass is 10.8. The number of rotatable bonds is 3. The van der Waals surface area contributed by atoms with Crippen LogP contribution in [-0.4, -0.2) is 69.9 Å². The molecule has 0 radical (unpaired) electrons. The maximum Gasteiger partial charge on any atom is 0.445 e. The van der Waals surface area contributed by atoms with Gasteiger partial charge in [0.25, 0.3) is 0 Å².